The zero-order chi connectivity index (χ0) is 16.3. The number of carbonyl (C=O) groups excluding carboxylic acids is 1. The van der Waals surface area contributed by atoms with E-state index in [-0.39, 0.29) is 11.2 Å². The first-order valence-corrected chi connectivity index (χ1v) is 8.82. The summed E-state index contributed by atoms with van der Waals surface area (Å²) in [6.45, 7) is 9.98. The van der Waals surface area contributed by atoms with Crippen LogP contribution < -0.4 is 5.32 Å². The summed E-state index contributed by atoms with van der Waals surface area (Å²) in [5.41, 5.74) is 0. The molecule has 1 N–H and O–H groups in total. The summed E-state index contributed by atoms with van der Waals surface area (Å²) < 4.78 is 4.69. The second-order valence-corrected chi connectivity index (χ2v) is 7.70. The number of nitrogens with zero attached hydrogens (tertiary/aromatic N) is 2. The van der Waals surface area contributed by atoms with Gasteiger partial charge in [-0.2, -0.15) is 0 Å². The fourth-order valence-electron chi connectivity index (χ4n) is 3.17. The third-order valence-corrected chi connectivity index (χ3v) is 5.16. The van der Waals surface area contributed by atoms with Crippen molar-refractivity contribution < 1.29 is 9.53 Å². The Bertz CT molecular complexity index is 513. The maximum atomic E-state index is 11.6. The van der Waals surface area contributed by atoms with Gasteiger partial charge in [0.2, 0.25) is 0 Å². The van der Waals surface area contributed by atoms with Crippen LogP contribution >= 0.6 is 22.9 Å². The number of esters is 1. The van der Waals surface area contributed by atoms with E-state index in [0.717, 1.165) is 31.5 Å². The molecule has 2 rings (SSSR count). The first-order chi connectivity index (χ1) is 10.4. The molecule has 1 fully saturated rings. The van der Waals surface area contributed by atoms with Crippen LogP contribution in [-0.4, -0.2) is 48.6 Å². The monoisotopic (exact) mass is 345 g/mol. The fourth-order valence-corrected chi connectivity index (χ4v) is 4.38. The number of halogens is 1. The lowest BCUT2D eigenvalue weighted by molar-refractivity contribution is 0.0606. The lowest BCUT2D eigenvalue weighted by Crippen LogP contribution is -2.43. The third-order valence-electron chi connectivity index (χ3n) is 3.80. The van der Waals surface area contributed by atoms with E-state index in [1.54, 1.807) is 0 Å². The topological polar surface area (TPSA) is 54.5 Å². The van der Waals surface area contributed by atoms with Crippen LogP contribution in [0.4, 0.5) is 5.13 Å². The summed E-state index contributed by atoms with van der Waals surface area (Å²) in [4.78, 5) is 18.6. The number of aromatic nitrogens is 1. The molecule has 124 valence electrons. The molecule has 0 bridgehead atoms. The summed E-state index contributed by atoms with van der Waals surface area (Å²) in [6, 6.07) is 0.241. The summed E-state index contributed by atoms with van der Waals surface area (Å²) in [5, 5.41) is 4.20. The van der Waals surface area contributed by atoms with Gasteiger partial charge in [0.25, 0.3) is 0 Å². The second-order valence-electron chi connectivity index (χ2n) is 6.34. The highest BCUT2D eigenvalue weighted by molar-refractivity contribution is 7.18. The SMILES string of the molecule is COC(=O)c1sc(NC(C)CN2CC(C)CC(C)C2)nc1Cl. The Labute approximate surface area is 141 Å². The van der Waals surface area contributed by atoms with Gasteiger partial charge in [0.05, 0.1) is 7.11 Å². The Morgan fingerprint density at radius 3 is 2.73 bits per heavy atom. The molecule has 1 saturated heterocycles. The molecule has 1 aromatic heterocycles. The van der Waals surface area contributed by atoms with Gasteiger partial charge in [-0.15, -0.1) is 0 Å². The molecule has 1 aliphatic rings. The van der Waals surface area contributed by atoms with E-state index >= 15 is 0 Å². The number of piperidine rings is 1. The number of thiazole rings is 1. The van der Waals surface area contributed by atoms with Crippen molar-refractivity contribution in [1.82, 2.24) is 9.88 Å². The first-order valence-electron chi connectivity index (χ1n) is 7.62. The normalized spacial score (nSPS) is 24.0. The Balaban J connectivity index is 1.92. The number of rotatable bonds is 5. The van der Waals surface area contributed by atoms with Gasteiger partial charge in [-0.05, 0) is 25.2 Å². The molecule has 2 heterocycles. The maximum absolute atomic E-state index is 11.6. The van der Waals surface area contributed by atoms with Gasteiger partial charge in [0, 0.05) is 25.7 Å². The first kappa shape index (κ1) is 17.5. The largest absolute Gasteiger partial charge is 0.465 e. The van der Waals surface area contributed by atoms with Crippen molar-refractivity contribution in [3.63, 3.8) is 0 Å². The minimum Gasteiger partial charge on any atom is -0.465 e. The van der Waals surface area contributed by atoms with E-state index in [1.807, 2.05) is 0 Å². The van der Waals surface area contributed by atoms with Crippen LogP contribution in [0.25, 0.3) is 0 Å². The highest BCUT2D eigenvalue weighted by Gasteiger charge is 2.23. The molecular weight excluding hydrogens is 322 g/mol. The lowest BCUT2D eigenvalue weighted by Gasteiger charge is -2.36. The third kappa shape index (κ3) is 4.57. The summed E-state index contributed by atoms with van der Waals surface area (Å²) >= 11 is 7.22. The van der Waals surface area contributed by atoms with E-state index < -0.39 is 5.97 Å². The van der Waals surface area contributed by atoms with Gasteiger partial charge in [0.1, 0.15) is 0 Å². The van der Waals surface area contributed by atoms with E-state index in [2.05, 4.69) is 36.0 Å². The van der Waals surface area contributed by atoms with Crippen molar-refractivity contribution in [3.8, 4) is 0 Å². The molecule has 1 aliphatic heterocycles. The quantitative estimate of drug-likeness (QED) is 0.829. The molecule has 5 nitrogen and oxygen atoms in total. The predicted octanol–water partition coefficient (Wildman–Crippen LogP) is 3.36. The molecule has 3 unspecified atom stereocenters. The minimum atomic E-state index is -0.443. The maximum Gasteiger partial charge on any atom is 0.351 e. The molecule has 0 amide bonds. The van der Waals surface area contributed by atoms with E-state index in [0.29, 0.717) is 10.0 Å². The highest BCUT2D eigenvalue weighted by atomic mass is 35.5. The van der Waals surface area contributed by atoms with Crippen LogP contribution in [0.5, 0.6) is 0 Å². The average Bonchev–Trinajstić information content (AvgIpc) is 2.77. The fraction of sp³-hybridized carbons (Fsp3) is 0.733. The number of anilines is 1. The van der Waals surface area contributed by atoms with Gasteiger partial charge in [-0.3, -0.25) is 0 Å². The predicted molar refractivity (Wildman–Crippen MR) is 90.9 cm³/mol. The molecule has 22 heavy (non-hydrogen) atoms. The van der Waals surface area contributed by atoms with Crippen molar-refractivity contribution in [2.24, 2.45) is 11.8 Å². The number of likely N-dealkylation sites (tertiary alicyclic amines) is 1. The van der Waals surface area contributed by atoms with E-state index in [4.69, 9.17) is 16.3 Å². The number of methoxy groups -OCH3 is 1. The van der Waals surface area contributed by atoms with E-state index in [9.17, 15) is 4.79 Å². The molecule has 0 spiro atoms. The molecule has 1 aromatic rings. The van der Waals surface area contributed by atoms with Crippen LogP contribution in [0.1, 0.15) is 36.9 Å². The van der Waals surface area contributed by atoms with Crippen molar-refractivity contribution >= 4 is 34.0 Å². The summed E-state index contributed by atoms with van der Waals surface area (Å²) in [6.07, 6.45) is 1.31. The number of hydrogen-bond donors (Lipinski definition) is 1. The highest BCUT2D eigenvalue weighted by Crippen LogP contribution is 2.28. The molecule has 0 radical (unpaired) electrons. The van der Waals surface area contributed by atoms with E-state index in [1.165, 1.54) is 24.9 Å². The number of nitrogens with one attached hydrogen (secondary N) is 1. The van der Waals surface area contributed by atoms with Crippen LogP contribution in [-0.2, 0) is 4.74 Å². The van der Waals surface area contributed by atoms with Gasteiger partial charge in [-0.1, -0.05) is 36.8 Å². The Hall–Kier alpha value is -0.850. The number of ether oxygens (including phenoxy) is 1. The van der Waals surface area contributed by atoms with Crippen LogP contribution in [0.15, 0.2) is 0 Å². The van der Waals surface area contributed by atoms with Gasteiger partial charge >= 0.3 is 5.97 Å². The van der Waals surface area contributed by atoms with Gasteiger partial charge in [-0.25, -0.2) is 9.78 Å². The lowest BCUT2D eigenvalue weighted by atomic mass is 9.92. The number of carbonyl (C=O) groups is 1. The summed E-state index contributed by atoms with van der Waals surface area (Å²) in [5.74, 6) is 1.05. The number of hydrogen-bond acceptors (Lipinski definition) is 6. The van der Waals surface area contributed by atoms with Crippen molar-refractivity contribution in [3.05, 3.63) is 10.0 Å². The van der Waals surface area contributed by atoms with Crippen molar-refractivity contribution in [2.75, 3.05) is 32.1 Å². The Morgan fingerprint density at radius 2 is 2.14 bits per heavy atom. The van der Waals surface area contributed by atoms with Crippen LogP contribution in [0, 0.1) is 11.8 Å². The average molecular weight is 346 g/mol. The molecule has 3 atom stereocenters. The van der Waals surface area contributed by atoms with Gasteiger partial charge < -0.3 is 15.0 Å². The van der Waals surface area contributed by atoms with Crippen LogP contribution in [0.2, 0.25) is 5.15 Å². The smallest absolute Gasteiger partial charge is 0.351 e. The van der Waals surface area contributed by atoms with Crippen molar-refractivity contribution in [2.45, 2.75) is 33.2 Å². The molecule has 0 saturated carbocycles. The zero-order valence-corrected chi connectivity index (χ0v) is 15.1. The molecule has 0 aliphatic carbocycles. The van der Waals surface area contributed by atoms with Crippen molar-refractivity contribution in [1.29, 1.82) is 0 Å². The Kier molecular flexibility index (Phi) is 6.06. The molecular formula is C15H24ClN3O2S. The second kappa shape index (κ2) is 7.62. The standard InChI is InChI=1S/C15H24ClN3O2S/c1-9-5-10(2)7-19(6-9)8-11(3)17-15-18-13(16)12(22-15)14(20)21-4/h9-11H,5-8H2,1-4H3,(H,17,18). The molecule has 7 heteroatoms. The zero-order valence-electron chi connectivity index (χ0n) is 13.6. The van der Waals surface area contributed by atoms with Gasteiger partial charge in [0.15, 0.2) is 15.2 Å². The minimum absolute atomic E-state index is 0.201. The molecule has 0 aromatic carbocycles. The van der Waals surface area contributed by atoms with Crippen LogP contribution in [0.3, 0.4) is 0 Å². The Morgan fingerprint density at radius 1 is 1.50 bits per heavy atom. The summed E-state index contributed by atoms with van der Waals surface area (Å²) in [7, 11) is 1.34.